The van der Waals surface area contributed by atoms with Gasteiger partial charge in [-0.1, -0.05) is 60.2 Å². The summed E-state index contributed by atoms with van der Waals surface area (Å²) in [5.41, 5.74) is 5.00. The Morgan fingerprint density at radius 1 is 0.844 bits per heavy atom. The number of benzene rings is 2. The summed E-state index contributed by atoms with van der Waals surface area (Å²) in [4.78, 5) is 11.7. The third kappa shape index (κ3) is 4.89. The second-order valence-corrected chi connectivity index (χ2v) is 9.91. The first kappa shape index (κ1) is 22.2. The number of aryl methyl sites for hydroxylation is 2. The van der Waals surface area contributed by atoms with Crippen molar-refractivity contribution in [1.29, 1.82) is 0 Å². The third-order valence-corrected chi connectivity index (χ3v) is 7.37. The SMILES string of the molecule is Cc1ccc(-c2nc(C)c(C)c(N3CCN(S(=O)(=O)/C=C/c4ccccc4)CC3)n2)cc1. The number of nitrogens with zero attached hydrogens (tertiary/aromatic N) is 4. The molecule has 1 aliphatic rings. The highest BCUT2D eigenvalue weighted by Gasteiger charge is 2.27. The maximum atomic E-state index is 12.8. The van der Waals surface area contributed by atoms with Crippen molar-refractivity contribution < 1.29 is 8.42 Å². The van der Waals surface area contributed by atoms with E-state index in [1.807, 2.05) is 56.3 Å². The standard InChI is InChI=1S/C25H28N4O2S/c1-19-9-11-23(12-10-19)24-26-21(3)20(2)25(27-24)28-14-16-29(17-15-28)32(30,31)18-13-22-7-5-4-6-8-22/h4-13,18H,14-17H2,1-3H3/b18-13+. The summed E-state index contributed by atoms with van der Waals surface area (Å²) >= 11 is 0. The Morgan fingerprint density at radius 3 is 2.16 bits per heavy atom. The zero-order valence-electron chi connectivity index (χ0n) is 18.7. The zero-order chi connectivity index (χ0) is 22.7. The minimum Gasteiger partial charge on any atom is -0.354 e. The molecular weight excluding hydrogens is 420 g/mol. The minimum atomic E-state index is -3.47. The second-order valence-electron chi connectivity index (χ2n) is 8.09. The lowest BCUT2D eigenvalue weighted by Crippen LogP contribution is -2.48. The van der Waals surface area contributed by atoms with E-state index >= 15 is 0 Å². The van der Waals surface area contributed by atoms with Gasteiger partial charge in [-0.2, -0.15) is 4.31 Å². The normalized spacial score (nSPS) is 15.4. The molecular formula is C25H28N4O2S. The lowest BCUT2D eigenvalue weighted by molar-refractivity contribution is 0.388. The van der Waals surface area contributed by atoms with Crippen molar-refractivity contribution in [2.45, 2.75) is 20.8 Å². The van der Waals surface area contributed by atoms with Crippen molar-refractivity contribution in [3.63, 3.8) is 0 Å². The highest BCUT2D eigenvalue weighted by molar-refractivity contribution is 7.92. The van der Waals surface area contributed by atoms with Gasteiger partial charge in [0.15, 0.2) is 5.82 Å². The van der Waals surface area contributed by atoms with Crippen molar-refractivity contribution in [2.75, 3.05) is 31.1 Å². The largest absolute Gasteiger partial charge is 0.354 e. The molecule has 1 aromatic heterocycles. The lowest BCUT2D eigenvalue weighted by atomic mass is 10.1. The van der Waals surface area contributed by atoms with Gasteiger partial charge >= 0.3 is 0 Å². The predicted molar refractivity (Wildman–Crippen MR) is 130 cm³/mol. The van der Waals surface area contributed by atoms with Crippen LogP contribution in [-0.2, 0) is 10.0 Å². The molecule has 1 saturated heterocycles. The smallest absolute Gasteiger partial charge is 0.236 e. The van der Waals surface area contributed by atoms with Gasteiger partial charge in [-0.3, -0.25) is 0 Å². The van der Waals surface area contributed by atoms with E-state index in [9.17, 15) is 8.42 Å². The fourth-order valence-electron chi connectivity index (χ4n) is 3.72. The summed E-state index contributed by atoms with van der Waals surface area (Å²) in [6.07, 6.45) is 1.65. The van der Waals surface area contributed by atoms with E-state index in [2.05, 4.69) is 28.9 Å². The highest BCUT2D eigenvalue weighted by Crippen LogP contribution is 2.26. The van der Waals surface area contributed by atoms with Crippen LogP contribution in [0.5, 0.6) is 0 Å². The molecule has 0 atom stereocenters. The molecule has 0 saturated carbocycles. The molecule has 0 bridgehead atoms. The van der Waals surface area contributed by atoms with Crippen LogP contribution < -0.4 is 4.90 Å². The van der Waals surface area contributed by atoms with Crippen LogP contribution in [0.25, 0.3) is 17.5 Å². The van der Waals surface area contributed by atoms with Gasteiger partial charge in [0.1, 0.15) is 5.82 Å². The van der Waals surface area contributed by atoms with Gasteiger partial charge in [-0.25, -0.2) is 18.4 Å². The Hall–Kier alpha value is -3.03. The Kier molecular flexibility index (Phi) is 6.39. The Labute approximate surface area is 190 Å². The topological polar surface area (TPSA) is 66.4 Å². The number of aromatic nitrogens is 2. The lowest BCUT2D eigenvalue weighted by Gasteiger charge is -2.35. The van der Waals surface area contributed by atoms with Crippen LogP contribution in [0.1, 0.15) is 22.4 Å². The van der Waals surface area contributed by atoms with E-state index in [1.54, 1.807) is 6.08 Å². The van der Waals surface area contributed by atoms with Gasteiger partial charge in [-0.15, -0.1) is 0 Å². The quantitative estimate of drug-likeness (QED) is 0.586. The maximum Gasteiger partial charge on any atom is 0.236 e. The molecule has 0 unspecified atom stereocenters. The van der Waals surface area contributed by atoms with Gasteiger partial charge in [0.05, 0.1) is 0 Å². The van der Waals surface area contributed by atoms with Crippen molar-refractivity contribution in [1.82, 2.24) is 14.3 Å². The van der Waals surface area contributed by atoms with Gasteiger partial charge < -0.3 is 4.90 Å². The highest BCUT2D eigenvalue weighted by atomic mass is 32.2. The molecule has 7 heteroatoms. The molecule has 4 rings (SSSR count). The molecule has 6 nitrogen and oxygen atoms in total. The Bertz CT molecular complexity index is 1210. The summed E-state index contributed by atoms with van der Waals surface area (Å²) in [7, 11) is -3.47. The van der Waals surface area contributed by atoms with Crippen molar-refractivity contribution >= 4 is 21.9 Å². The number of rotatable bonds is 5. The van der Waals surface area contributed by atoms with Crippen LogP contribution in [0.4, 0.5) is 5.82 Å². The van der Waals surface area contributed by atoms with Gasteiger partial charge in [0.25, 0.3) is 0 Å². The molecule has 2 heterocycles. The monoisotopic (exact) mass is 448 g/mol. The third-order valence-electron chi connectivity index (χ3n) is 5.80. The molecule has 0 N–H and O–H groups in total. The van der Waals surface area contributed by atoms with E-state index in [1.165, 1.54) is 15.3 Å². The van der Waals surface area contributed by atoms with Crippen LogP contribution in [0.2, 0.25) is 0 Å². The van der Waals surface area contributed by atoms with Crippen LogP contribution in [0.3, 0.4) is 0 Å². The average molecular weight is 449 g/mol. The maximum absolute atomic E-state index is 12.8. The molecule has 3 aromatic rings. The van der Waals surface area contributed by atoms with E-state index in [-0.39, 0.29) is 0 Å². The second kappa shape index (κ2) is 9.22. The van der Waals surface area contributed by atoms with Crippen molar-refractivity contribution in [3.05, 3.63) is 82.4 Å². The van der Waals surface area contributed by atoms with Gasteiger partial charge in [0, 0.05) is 48.4 Å². The van der Waals surface area contributed by atoms with E-state index in [0.29, 0.717) is 32.0 Å². The first-order chi connectivity index (χ1) is 15.3. The molecule has 0 aliphatic carbocycles. The van der Waals surface area contributed by atoms with E-state index < -0.39 is 10.0 Å². The van der Waals surface area contributed by atoms with Crippen LogP contribution in [-0.4, -0.2) is 48.9 Å². The molecule has 0 amide bonds. The Morgan fingerprint density at radius 2 is 1.50 bits per heavy atom. The first-order valence-corrected chi connectivity index (χ1v) is 12.2. The predicted octanol–water partition coefficient (Wildman–Crippen LogP) is 4.19. The minimum absolute atomic E-state index is 0.420. The molecule has 0 radical (unpaired) electrons. The first-order valence-electron chi connectivity index (χ1n) is 10.7. The number of piperazine rings is 1. The van der Waals surface area contributed by atoms with E-state index in [4.69, 9.17) is 4.98 Å². The summed E-state index contributed by atoms with van der Waals surface area (Å²) in [6, 6.07) is 17.6. The molecule has 32 heavy (non-hydrogen) atoms. The number of sulfonamides is 1. The average Bonchev–Trinajstić information content (AvgIpc) is 2.81. The molecule has 1 fully saturated rings. The number of hydrogen-bond donors (Lipinski definition) is 0. The zero-order valence-corrected chi connectivity index (χ0v) is 19.5. The molecule has 166 valence electrons. The molecule has 2 aromatic carbocycles. The van der Waals surface area contributed by atoms with Crippen LogP contribution in [0.15, 0.2) is 60.0 Å². The number of hydrogen-bond acceptors (Lipinski definition) is 5. The van der Waals surface area contributed by atoms with Crippen LogP contribution in [0, 0.1) is 20.8 Å². The Balaban J connectivity index is 1.50. The van der Waals surface area contributed by atoms with Crippen molar-refractivity contribution in [2.24, 2.45) is 0 Å². The summed E-state index contributed by atoms with van der Waals surface area (Å²) < 4.78 is 27.1. The van der Waals surface area contributed by atoms with Gasteiger partial charge in [0.2, 0.25) is 10.0 Å². The van der Waals surface area contributed by atoms with Gasteiger partial charge in [-0.05, 0) is 32.4 Å². The van der Waals surface area contributed by atoms with E-state index in [0.717, 1.165) is 28.2 Å². The van der Waals surface area contributed by atoms with Crippen molar-refractivity contribution in [3.8, 4) is 11.4 Å². The molecule has 1 aliphatic heterocycles. The summed E-state index contributed by atoms with van der Waals surface area (Å²) in [6.45, 7) is 8.08. The molecule has 0 spiro atoms. The van der Waals surface area contributed by atoms with Crippen LogP contribution >= 0.6 is 0 Å². The number of anilines is 1. The fourth-order valence-corrected chi connectivity index (χ4v) is 4.90. The summed E-state index contributed by atoms with van der Waals surface area (Å²) in [5.74, 6) is 1.58. The summed E-state index contributed by atoms with van der Waals surface area (Å²) in [5, 5.41) is 1.30. The fraction of sp³-hybridized carbons (Fsp3) is 0.280.